The van der Waals surface area contributed by atoms with E-state index in [4.69, 9.17) is 0 Å². The number of fused-ring (bicyclic) bond motifs is 5. The largest absolute Gasteiger partial charge is 0.393 e. The Hall–Kier alpha value is -1.19. The van der Waals surface area contributed by atoms with Crippen molar-refractivity contribution < 1.29 is 15.0 Å². The van der Waals surface area contributed by atoms with Crippen LogP contribution in [0.15, 0.2) is 12.1 Å². The monoisotopic (exact) mass is 286 g/mol. The number of carbonyl (C=O) groups excluding carboxylic acids is 1. The molecule has 0 aromatic heterocycles. The fourth-order valence-electron chi connectivity index (χ4n) is 4.91. The van der Waals surface area contributed by atoms with Crippen molar-refractivity contribution >= 4 is 5.78 Å². The summed E-state index contributed by atoms with van der Waals surface area (Å²) in [6.45, 7) is 2.03. The van der Waals surface area contributed by atoms with Crippen LogP contribution in [0.4, 0.5) is 0 Å². The molecule has 1 aromatic carbocycles. The van der Waals surface area contributed by atoms with Crippen LogP contribution in [0.25, 0.3) is 0 Å². The second kappa shape index (κ2) is 4.40. The number of carbonyl (C=O) groups is 1. The Morgan fingerprint density at radius 3 is 2.81 bits per heavy atom. The summed E-state index contributed by atoms with van der Waals surface area (Å²) in [7, 11) is 0. The van der Waals surface area contributed by atoms with Crippen LogP contribution in [0.2, 0.25) is 0 Å². The van der Waals surface area contributed by atoms with Crippen molar-refractivity contribution in [1.82, 2.24) is 0 Å². The Morgan fingerprint density at radius 1 is 1.19 bits per heavy atom. The van der Waals surface area contributed by atoms with Gasteiger partial charge in [0.05, 0.1) is 12.2 Å². The van der Waals surface area contributed by atoms with Crippen LogP contribution in [0.1, 0.15) is 66.9 Å². The summed E-state index contributed by atoms with van der Waals surface area (Å²) in [4.78, 5) is 12.3. The Bertz CT molecular complexity index is 621. The molecule has 1 saturated carbocycles. The maximum atomic E-state index is 12.3. The normalized spacial score (nSPS) is 37.9. The van der Waals surface area contributed by atoms with Crippen molar-refractivity contribution in [2.24, 2.45) is 5.41 Å². The van der Waals surface area contributed by atoms with E-state index in [1.807, 2.05) is 6.92 Å². The molecule has 4 atom stereocenters. The first kappa shape index (κ1) is 13.5. The highest BCUT2D eigenvalue weighted by Gasteiger charge is 2.52. The maximum Gasteiger partial charge on any atom is 0.139 e. The van der Waals surface area contributed by atoms with Gasteiger partial charge in [-0.3, -0.25) is 4.79 Å². The summed E-state index contributed by atoms with van der Waals surface area (Å²) < 4.78 is 0. The lowest BCUT2D eigenvalue weighted by molar-refractivity contribution is -0.127. The molecule has 0 radical (unpaired) electrons. The molecule has 3 nitrogen and oxygen atoms in total. The van der Waals surface area contributed by atoms with Gasteiger partial charge in [0.15, 0.2) is 0 Å². The maximum absolute atomic E-state index is 12.3. The van der Waals surface area contributed by atoms with Gasteiger partial charge in [-0.1, -0.05) is 19.1 Å². The fourth-order valence-corrected chi connectivity index (χ4v) is 4.91. The predicted octanol–water partition coefficient (Wildman–Crippen LogP) is 2.43. The third-order valence-electron chi connectivity index (χ3n) is 6.06. The van der Waals surface area contributed by atoms with Gasteiger partial charge in [-0.2, -0.15) is 0 Å². The van der Waals surface area contributed by atoms with E-state index < -0.39 is 6.10 Å². The molecule has 4 rings (SSSR count). The van der Waals surface area contributed by atoms with Crippen LogP contribution in [0.5, 0.6) is 0 Å². The van der Waals surface area contributed by atoms with E-state index in [-0.39, 0.29) is 17.4 Å². The van der Waals surface area contributed by atoms with Crippen LogP contribution < -0.4 is 0 Å². The number of aliphatic hydroxyl groups excluding tert-OH is 2. The first-order valence-corrected chi connectivity index (χ1v) is 8.04. The lowest BCUT2D eigenvalue weighted by atomic mass is 9.63. The minimum Gasteiger partial charge on any atom is -0.393 e. The highest BCUT2D eigenvalue weighted by molar-refractivity contribution is 5.88. The molecule has 0 heterocycles. The first-order chi connectivity index (χ1) is 10.0. The molecule has 1 aromatic rings. The van der Waals surface area contributed by atoms with Crippen molar-refractivity contribution in [2.75, 3.05) is 0 Å². The summed E-state index contributed by atoms with van der Waals surface area (Å²) in [6, 6.07) is 4.22. The minimum atomic E-state index is -0.534. The zero-order valence-corrected chi connectivity index (χ0v) is 12.4. The van der Waals surface area contributed by atoms with E-state index >= 15 is 0 Å². The van der Waals surface area contributed by atoms with Gasteiger partial charge in [0.2, 0.25) is 0 Å². The van der Waals surface area contributed by atoms with Crippen LogP contribution in [-0.4, -0.2) is 22.1 Å². The van der Waals surface area contributed by atoms with Gasteiger partial charge in [-0.15, -0.1) is 0 Å². The van der Waals surface area contributed by atoms with Crippen molar-refractivity contribution in [3.63, 3.8) is 0 Å². The fraction of sp³-hybridized carbons (Fsp3) is 0.611. The van der Waals surface area contributed by atoms with E-state index in [1.54, 1.807) is 0 Å². The third kappa shape index (κ3) is 1.77. The van der Waals surface area contributed by atoms with Crippen LogP contribution >= 0.6 is 0 Å². The Balaban J connectivity index is 1.87. The SMILES string of the molecule is C[C@]12C[C@@H](O)c3c(ccc4c3CC[C@@H](O)C4)[C@H]1CCC2=O. The molecule has 2 N–H and O–H groups in total. The molecular formula is C18H22O3. The van der Waals surface area contributed by atoms with Crippen molar-refractivity contribution in [2.45, 2.75) is 63.6 Å². The van der Waals surface area contributed by atoms with E-state index in [2.05, 4.69) is 12.1 Å². The summed E-state index contributed by atoms with van der Waals surface area (Å²) in [5.74, 6) is 0.575. The molecule has 1 fully saturated rings. The van der Waals surface area contributed by atoms with Gasteiger partial charge in [0.1, 0.15) is 5.78 Å². The average molecular weight is 286 g/mol. The lowest BCUT2D eigenvalue weighted by Gasteiger charge is -2.41. The molecule has 0 unspecified atom stereocenters. The number of hydrogen-bond donors (Lipinski definition) is 2. The summed E-state index contributed by atoms with van der Waals surface area (Å²) in [6.07, 6.45) is 3.63. The molecule has 3 aliphatic carbocycles. The molecule has 112 valence electrons. The molecule has 0 aliphatic heterocycles. The first-order valence-electron chi connectivity index (χ1n) is 8.04. The zero-order valence-electron chi connectivity index (χ0n) is 12.4. The summed E-state index contributed by atoms with van der Waals surface area (Å²) >= 11 is 0. The van der Waals surface area contributed by atoms with Crippen LogP contribution in [0, 0.1) is 5.41 Å². The van der Waals surface area contributed by atoms with Crippen molar-refractivity contribution in [1.29, 1.82) is 0 Å². The number of rotatable bonds is 0. The number of benzene rings is 1. The van der Waals surface area contributed by atoms with Crippen molar-refractivity contribution in [3.05, 3.63) is 34.4 Å². The van der Waals surface area contributed by atoms with E-state index in [0.717, 1.165) is 24.8 Å². The standard InChI is InChI=1S/C18H22O3/c1-18-9-15(20)17-12-5-3-11(19)8-10(12)2-4-13(17)14(18)6-7-16(18)21/h2,4,11,14-15,19-20H,3,5-9H2,1H3/t11-,14-,15-,18+/m1/s1. The van der Waals surface area contributed by atoms with E-state index in [9.17, 15) is 15.0 Å². The highest BCUT2D eigenvalue weighted by atomic mass is 16.3. The number of aliphatic hydroxyl groups is 2. The predicted molar refractivity (Wildman–Crippen MR) is 79.1 cm³/mol. The van der Waals surface area contributed by atoms with Crippen molar-refractivity contribution in [3.8, 4) is 0 Å². The quantitative estimate of drug-likeness (QED) is 0.770. The molecule has 0 amide bonds. The molecule has 3 aliphatic rings. The Morgan fingerprint density at radius 2 is 2.00 bits per heavy atom. The molecule has 0 spiro atoms. The molecule has 21 heavy (non-hydrogen) atoms. The summed E-state index contributed by atoms with van der Waals surface area (Å²) in [5.41, 5.74) is 4.31. The van der Waals surface area contributed by atoms with Gasteiger partial charge in [-0.05, 0) is 60.3 Å². The highest BCUT2D eigenvalue weighted by Crippen LogP contribution is 2.57. The van der Waals surface area contributed by atoms with Crippen LogP contribution in [0.3, 0.4) is 0 Å². The topological polar surface area (TPSA) is 57.5 Å². The number of hydrogen-bond acceptors (Lipinski definition) is 3. The Kier molecular flexibility index (Phi) is 2.82. The Labute approximate surface area is 125 Å². The molecule has 3 heteroatoms. The van der Waals surface area contributed by atoms with Gasteiger partial charge in [-0.25, -0.2) is 0 Å². The number of Topliss-reactive ketones (excluding diaryl/α,β-unsaturated/α-hetero) is 1. The van der Waals surface area contributed by atoms with Gasteiger partial charge in [0, 0.05) is 11.8 Å². The second-order valence-electron chi connectivity index (χ2n) is 7.25. The number of ketones is 1. The minimum absolute atomic E-state index is 0.255. The smallest absolute Gasteiger partial charge is 0.139 e. The lowest BCUT2D eigenvalue weighted by Crippen LogP contribution is -2.36. The molecular weight excluding hydrogens is 264 g/mol. The molecule has 0 bridgehead atoms. The third-order valence-corrected chi connectivity index (χ3v) is 6.06. The van der Waals surface area contributed by atoms with Gasteiger partial charge < -0.3 is 10.2 Å². The van der Waals surface area contributed by atoms with Crippen LogP contribution in [-0.2, 0) is 17.6 Å². The second-order valence-corrected chi connectivity index (χ2v) is 7.25. The molecule has 0 saturated heterocycles. The zero-order chi connectivity index (χ0) is 14.8. The van der Waals surface area contributed by atoms with Gasteiger partial charge in [0.25, 0.3) is 0 Å². The van der Waals surface area contributed by atoms with E-state index in [0.29, 0.717) is 25.0 Å². The summed E-state index contributed by atoms with van der Waals surface area (Å²) in [5, 5.41) is 20.5. The van der Waals surface area contributed by atoms with E-state index in [1.165, 1.54) is 16.7 Å². The van der Waals surface area contributed by atoms with Gasteiger partial charge >= 0.3 is 0 Å². The average Bonchev–Trinajstić information content (AvgIpc) is 2.74.